The Balaban J connectivity index is 1.69. The van der Waals surface area contributed by atoms with Crippen molar-refractivity contribution < 1.29 is 4.79 Å². The van der Waals surface area contributed by atoms with Crippen LogP contribution in [0.1, 0.15) is 0 Å². The van der Waals surface area contributed by atoms with E-state index in [1.54, 1.807) is 0 Å². The lowest BCUT2D eigenvalue weighted by Crippen LogP contribution is -2.53. The molecule has 0 aromatic carbocycles. The van der Waals surface area contributed by atoms with Gasteiger partial charge in [0.05, 0.1) is 6.54 Å². The van der Waals surface area contributed by atoms with E-state index in [1.165, 1.54) is 0 Å². The summed E-state index contributed by atoms with van der Waals surface area (Å²) in [5.41, 5.74) is 5.56. The molecule has 2 saturated heterocycles. The molecule has 6 nitrogen and oxygen atoms in total. The van der Waals surface area contributed by atoms with E-state index in [0.29, 0.717) is 12.5 Å². The van der Waals surface area contributed by atoms with Gasteiger partial charge in [-0.3, -0.25) is 14.6 Å². The van der Waals surface area contributed by atoms with Gasteiger partial charge in [-0.15, -0.1) is 0 Å². The number of rotatable bonds is 4. The fourth-order valence-corrected chi connectivity index (χ4v) is 2.70. The maximum Gasteiger partial charge on any atom is 0.236 e. The highest BCUT2D eigenvalue weighted by Gasteiger charge is 2.23. The van der Waals surface area contributed by atoms with Crippen LogP contribution in [-0.2, 0) is 4.79 Å². The zero-order valence-electron chi connectivity index (χ0n) is 12.1. The van der Waals surface area contributed by atoms with Crippen LogP contribution in [0.3, 0.4) is 0 Å². The summed E-state index contributed by atoms with van der Waals surface area (Å²) in [5.74, 6) is 0.292. The van der Waals surface area contributed by atoms with Crippen LogP contribution in [0.5, 0.6) is 0 Å². The Kier molecular flexibility index (Phi) is 5.57. The lowest BCUT2D eigenvalue weighted by Gasteiger charge is -2.37. The van der Waals surface area contributed by atoms with Crippen molar-refractivity contribution in [2.75, 3.05) is 79.0 Å². The Hall–Kier alpha value is -0.690. The summed E-state index contributed by atoms with van der Waals surface area (Å²) in [7, 11) is 2.11. The maximum atomic E-state index is 12.2. The highest BCUT2D eigenvalue weighted by atomic mass is 16.2. The molecule has 0 atom stereocenters. The molecule has 2 aliphatic rings. The predicted molar refractivity (Wildman–Crippen MR) is 76.0 cm³/mol. The highest BCUT2D eigenvalue weighted by molar-refractivity contribution is 5.78. The summed E-state index contributed by atoms with van der Waals surface area (Å²) in [6.07, 6.45) is 0. The average molecular weight is 269 g/mol. The Morgan fingerprint density at radius 3 is 2.11 bits per heavy atom. The molecule has 0 saturated carbocycles. The van der Waals surface area contributed by atoms with E-state index in [2.05, 4.69) is 21.7 Å². The second kappa shape index (κ2) is 7.19. The molecule has 0 radical (unpaired) electrons. The molecule has 110 valence electrons. The Labute approximate surface area is 116 Å². The van der Waals surface area contributed by atoms with E-state index < -0.39 is 0 Å². The monoisotopic (exact) mass is 269 g/mol. The minimum absolute atomic E-state index is 0.292. The second-order valence-corrected chi connectivity index (χ2v) is 5.59. The molecular formula is C13H27N5O. The van der Waals surface area contributed by atoms with Crippen LogP contribution in [-0.4, -0.2) is 105 Å². The molecule has 2 aliphatic heterocycles. The molecule has 0 bridgehead atoms. The van der Waals surface area contributed by atoms with Crippen LogP contribution < -0.4 is 5.73 Å². The molecule has 0 aliphatic carbocycles. The zero-order valence-corrected chi connectivity index (χ0v) is 12.1. The van der Waals surface area contributed by atoms with Crippen molar-refractivity contribution in [3.63, 3.8) is 0 Å². The summed E-state index contributed by atoms with van der Waals surface area (Å²) in [5, 5.41) is 0. The summed E-state index contributed by atoms with van der Waals surface area (Å²) in [4.78, 5) is 21.1. The number of amides is 1. The van der Waals surface area contributed by atoms with Crippen molar-refractivity contribution >= 4 is 5.91 Å². The third kappa shape index (κ3) is 4.42. The minimum Gasteiger partial charge on any atom is -0.339 e. The van der Waals surface area contributed by atoms with Gasteiger partial charge in [0.1, 0.15) is 0 Å². The standard InChI is InChI=1S/C13H27N5O/c1-15-4-10-18(11-5-15)13(19)12-17-8-6-16(3-2-14)7-9-17/h2-12,14H2,1H3. The van der Waals surface area contributed by atoms with Crippen LogP contribution >= 0.6 is 0 Å². The molecule has 0 spiro atoms. The molecule has 2 heterocycles. The fourth-order valence-electron chi connectivity index (χ4n) is 2.70. The average Bonchev–Trinajstić information content (AvgIpc) is 2.42. The van der Waals surface area contributed by atoms with Gasteiger partial charge in [0, 0.05) is 65.4 Å². The van der Waals surface area contributed by atoms with Gasteiger partial charge in [0.25, 0.3) is 0 Å². The lowest BCUT2D eigenvalue weighted by atomic mass is 10.3. The Bertz CT molecular complexity index is 283. The molecule has 6 heteroatoms. The molecule has 2 rings (SSSR count). The summed E-state index contributed by atoms with van der Waals surface area (Å²) < 4.78 is 0. The van der Waals surface area contributed by atoms with Gasteiger partial charge in [0.2, 0.25) is 5.91 Å². The molecule has 2 fully saturated rings. The number of nitrogens with zero attached hydrogens (tertiary/aromatic N) is 4. The van der Waals surface area contributed by atoms with Gasteiger partial charge >= 0.3 is 0 Å². The summed E-state index contributed by atoms with van der Waals surface area (Å²) >= 11 is 0. The number of piperazine rings is 2. The molecular weight excluding hydrogens is 242 g/mol. The van der Waals surface area contributed by atoms with Gasteiger partial charge in [-0.05, 0) is 7.05 Å². The fraction of sp³-hybridized carbons (Fsp3) is 0.923. The number of carbonyl (C=O) groups is 1. The SMILES string of the molecule is CN1CCN(C(=O)CN2CCN(CCN)CC2)CC1. The Morgan fingerprint density at radius 1 is 0.947 bits per heavy atom. The molecule has 19 heavy (non-hydrogen) atoms. The topological polar surface area (TPSA) is 56.0 Å². The molecule has 0 aromatic heterocycles. The van der Waals surface area contributed by atoms with Crippen molar-refractivity contribution in [1.82, 2.24) is 19.6 Å². The first-order valence-electron chi connectivity index (χ1n) is 7.30. The van der Waals surface area contributed by atoms with Crippen LogP contribution in [0.25, 0.3) is 0 Å². The molecule has 0 unspecified atom stereocenters. The third-order valence-electron chi connectivity index (χ3n) is 4.13. The van der Waals surface area contributed by atoms with Crippen LogP contribution in [0, 0.1) is 0 Å². The summed E-state index contributed by atoms with van der Waals surface area (Å²) in [6, 6.07) is 0. The number of carbonyl (C=O) groups excluding carboxylic acids is 1. The van der Waals surface area contributed by atoms with E-state index in [0.717, 1.165) is 65.4 Å². The van der Waals surface area contributed by atoms with Gasteiger partial charge in [-0.2, -0.15) is 0 Å². The van der Waals surface area contributed by atoms with Gasteiger partial charge in [-0.1, -0.05) is 0 Å². The predicted octanol–water partition coefficient (Wildman–Crippen LogP) is -1.66. The quantitative estimate of drug-likeness (QED) is 0.662. The van der Waals surface area contributed by atoms with Crippen LogP contribution in [0.4, 0.5) is 0 Å². The first kappa shape index (κ1) is 14.7. The minimum atomic E-state index is 0.292. The van der Waals surface area contributed by atoms with Crippen molar-refractivity contribution in [3.05, 3.63) is 0 Å². The number of likely N-dealkylation sites (N-methyl/N-ethyl adjacent to an activating group) is 1. The molecule has 0 aromatic rings. The van der Waals surface area contributed by atoms with E-state index in [9.17, 15) is 4.79 Å². The van der Waals surface area contributed by atoms with Crippen molar-refractivity contribution in [1.29, 1.82) is 0 Å². The first-order valence-corrected chi connectivity index (χ1v) is 7.30. The Morgan fingerprint density at radius 2 is 1.53 bits per heavy atom. The number of nitrogens with two attached hydrogens (primary N) is 1. The maximum absolute atomic E-state index is 12.2. The van der Waals surface area contributed by atoms with Crippen molar-refractivity contribution in [3.8, 4) is 0 Å². The number of hydrogen-bond donors (Lipinski definition) is 1. The smallest absolute Gasteiger partial charge is 0.236 e. The van der Waals surface area contributed by atoms with Gasteiger partial charge in [0.15, 0.2) is 0 Å². The zero-order chi connectivity index (χ0) is 13.7. The normalized spacial score (nSPS) is 23.8. The first-order chi connectivity index (χ1) is 9.19. The van der Waals surface area contributed by atoms with Crippen molar-refractivity contribution in [2.24, 2.45) is 5.73 Å². The van der Waals surface area contributed by atoms with Gasteiger partial charge < -0.3 is 15.5 Å². The van der Waals surface area contributed by atoms with Gasteiger partial charge in [-0.25, -0.2) is 0 Å². The second-order valence-electron chi connectivity index (χ2n) is 5.59. The highest BCUT2D eigenvalue weighted by Crippen LogP contribution is 2.04. The molecule has 2 N–H and O–H groups in total. The third-order valence-corrected chi connectivity index (χ3v) is 4.13. The number of hydrogen-bond acceptors (Lipinski definition) is 5. The summed E-state index contributed by atoms with van der Waals surface area (Å²) in [6.45, 7) is 10.1. The molecule has 1 amide bonds. The van der Waals surface area contributed by atoms with E-state index in [-0.39, 0.29) is 0 Å². The van der Waals surface area contributed by atoms with E-state index >= 15 is 0 Å². The van der Waals surface area contributed by atoms with E-state index in [1.807, 2.05) is 4.90 Å². The van der Waals surface area contributed by atoms with Crippen molar-refractivity contribution in [2.45, 2.75) is 0 Å². The van der Waals surface area contributed by atoms with Crippen LogP contribution in [0.15, 0.2) is 0 Å². The van der Waals surface area contributed by atoms with E-state index in [4.69, 9.17) is 5.73 Å². The lowest BCUT2D eigenvalue weighted by molar-refractivity contribution is -0.134. The largest absolute Gasteiger partial charge is 0.339 e. The van der Waals surface area contributed by atoms with Crippen LogP contribution in [0.2, 0.25) is 0 Å².